The summed E-state index contributed by atoms with van der Waals surface area (Å²) in [6.07, 6.45) is 5.18. The molecule has 0 aliphatic carbocycles. The van der Waals surface area contributed by atoms with Crippen LogP contribution in [-0.4, -0.2) is 53.4 Å². The van der Waals surface area contributed by atoms with Crippen LogP contribution in [0.1, 0.15) is 36.9 Å². The lowest BCUT2D eigenvalue weighted by Crippen LogP contribution is -2.23. The molecule has 6 rings (SSSR count). The van der Waals surface area contributed by atoms with Gasteiger partial charge in [0.2, 0.25) is 5.88 Å². The maximum atomic E-state index is 14.2. The molecular formula is C32H34N4O5. The number of benzene rings is 2. The molecule has 0 atom stereocenters. The Labute approximate surface area is 238 Å². The highest BCUT2D eigenvalue weighted by Gasteiger charge is 2.24. The van der Waals surface area contributed by atoms with Crippen molar-refractivity contribution in [3.05, 3.63) is 76.3 Å². The van der Waals surface area contributed by atoms with Crippen molar-refractivity contribution in [2.24, 2.45) is 0 Å². The molecule has 4 heterocycles. The fourth-order valence-electron chi connectivity index (χ4n) is 5.80. The van der Waals surface area contributed by atoms with Crippen LogP contribution in [-0.2, 0) is 11.3 Å². The van der Waals surface area contributed by atoms with Crippen LogP contribution in [0.3, 0.4) is 0 Å². The van der Waals surface area contributed by atoms with Crippen molar-refractivity contribution in [3.63, 3.8) is 0 Å². The van der Waals surface area contributed by atoms with Gasteiger partial charge in [-0.2, -0.15) is 5.10 Å². The zero-order valence-corrected chi connectivity index (χ0v) is 23.8. The van der Waals surface area contributed by atoms with Crippen molar-refractivity contribution >= 4 is 21.8 Å². The molecule has 0 bridgehead atoms. The first-order valence-electron chi connectivity index (χ1n) is 13.9. The van der Waals surface area contributed by atoms with E-state index in [1.807, 2.05) is 47.4 Å². The summed E-state index contributed by atoms with van der Waals surface area (Å²) in [7, 11) is 3.24. The predicted octanol–water partition coefficient (Wildman–Crippen LogP) is 5.54. The Kier molecular flexibility index (Phi) is 7.36. The summed E-state index contributed by atoms with van der Waals surface area (Å²) in [6, 6.07) is 14.0. The van der Waals surface area contributed by atoms with Gasteiger partial charge in [-0.3, -0.25) is 9.48 Å². The van der Waals surface area contributed by atoms with E-state index in [1.165, 1.54) is 0 Å². The van der Waals surface area contributed by atoms with E-state index in [0.717, 1.165) is 51.5 Å². The third-order valence-corrected chi connectivity index (χ3v) is 7.87. The van der Waals surface area contributed by atoms with Crippen LogP contribution < -0.4 is 19.8 Å². The maximum absolute atomic E-state index is 14.2. The average Bonchev–Trinajstić information content (AvgIpc) is 3.45. The lowest BCUT2D eigenvalue weighted by Gasteiger charge is -2.24. The quantitative estimate of drug-likeness (QED) is 0.249. The highest BCUT2D eigenvalue weighted by molar-refractivity contribution is 6.05. The number of ether oxygens (including phenoxy) is 4. The fourth-order valence-corrected chi connectivity index (χ4v) is 5.80. The zero-order chi connectivity index (χ0) is 28.5. The molecule has 0 unspecified atom stereocenters. The molecule has 1 aliphatic rings. The molecule has 3 aromatic heterocycles. The Hall–Kier alpha value is -4.37. The SMILES string of the molecule is CCOc1nccc(C)c1-c1ccc2c3c(cnn3C3CCOCC3)c(=O)n(Cc3ccc(OC)cc3OC)c2c1. The van der Waals surface area contributed by atoms with Crippen molar-refractivity contribution in [1.82, 2.24) is 19.3 Å². The van der Waals surface area contributed by atoms with Gasteiger partial charge in [0.05, 0.1) is 56.0 Å². The van der Waals surface area contributed by atoms with E-state index < -0.39 is 0 Å². The van der Waals surface area contributed by atoms with E-state index in [1.54, 1.807) is 26.6 Å². The summed E-state index contributed by atoms with van der Waals surface area (Å²) in [6.45, 7) is 6.18. The number of aryl methyl sites for hydroxylation is 1. The van der Waals surface area contributed by atoms with Crippen LogP contribution in [0.15, 0.2) is 59.7 Å². The van der Waals surface area contributed by atoms with Gasteiger partial charge in [-0.15, -0.1) is 0 Å². The van der Waals surface area contributed by atoms with Gasteiger partial charge < -0.3 is 23.5 Å². The Morgan fingerprint density at radius 2 is 1.85 bits per heavy atom. The number of fused-ring (bicyclic) bond motifs is 3. The predicted molar refractivity (Wildman–Crippen MR) is 158 cm³/mol. The first-order valence-corrected chi connectivity index (χ1v) is 13.9. The summed E-state index contributed by atoms with van der Waals surface area (Å²) < 4.78 is 26.4. The fraction of sp³-hybridized carbons (Fsp3) is 0.344. The monoisotopic (exact) mass is 554 g/mol. The number of rotatable bonds is 8. The van der Waals surface area contributed by atoms with Crippen molar-refractivity contribution in [3.8, 4) is 28.5 Å². The van der Waals surface area contributed by atoms with E-state index in [0.29, 0.717) is 49.1 Å². The van der Waals surface area contributed by atoms with Gasteiger partial charge in [-0.25, -0.2) is 4.98 Å². The molecule has 2 aromatic carbocycles. The minimum absolute atomic E-state index is 0.103. The Bertz CT molecular complexity index is 1790. The standard InChI is InChI=1S/C32H34N4O5/c1-5-41-31-29(20(2)10-13-33-31)21-7-9-25-27(16-21)35(19-22-6-8-24(38-3)17-28(22)39-4)32(37)26-18-34-36(30(25)26)23-11-14-40-15-12-23/h6-10,13,16-18,23H,5,11-12,14-15,19H2,1-4H3. The lowest BCUT2D eigenvalue weighted by atomic mass is 9.99. The van der Waals surface area contributed by atoms with Crippen molar-refractivity contribution in [1.29, 1.82) is 0 Å². The smallest absolute Gasteiger partial charge is 0.262 e. The van der Waals surface area contributed by atoms with Gasteiger partial charge in [0.1, 0.15) is 11.5 Å². The molecule has 0 saturated carbocycles. The minimum Gasteiger partial charge on any atom is -0.497 e. The normalized spacial score (nSPS) is 14.0. The summed E-state index contributed by atoms with van der Waals surface area (Å²) >= 11 is 0. The zero-order valence-electron chi connectivity index (χ0n) is 23.8. The number of pyridine rings is 2. The minimum atomic E-state index is -0.103. The molecule has 41 heavy (non-hydrogen) atoms. The van der Waals surface area contributed by atoms with Crippen LogP contribution in [0.4, 0.5) is 0 Å². The van der Waals surface area contributed by atoms with Crippen LogP contribution in [0.25, 0.3) is 32.9 Å². The Morgan fingerprint density at radius 3 is 2.61 bits per heavy atom. The second-order valence-electron chi connectivity index (χ2n) is 10.2. The second-order valence-corrected chi connectivity index (χ2v) is 10.2. The topological polar surface area (TPSA) is 89.6 Å². The van der Waals surface area contributed by atoms with Crippen LogP contribution >= 0.6 is 0 Å². The molecule has 1 aliphatic heterocycles. The van der Waals surface area contributed by atoms with Crippen LogP contribution in [0.2, 0.25) is 0 Å². The van der Waals surface area contributed by atoms with E-state index in [9.17, 15) is 4.79 Å². The van der Waals surface area contributed by atoms with E-state index in [-0.39, 0.29) is 11.6 Å². The van der Waals surface area contributed by atoms with Gasteiger partial charge in [0, 0.05) is 42.0 Å². The maximum Gasteiger partial charge on any atom is 0.262 e. The molecule has 9 nitrogen and oxygen atoms in total. The van der Waals surface area contributed by atoms with Gasteiger partial charge in [-0.05, 0) is 62.1 Å². The third-order valence-electron chi connectivity index (χ3n) is 7.87. The molecule has 9 heteroatoms. The van der Waals surface area contributed by atoms with E-state index >= 15 is 0 Å². The van der Waals surface area contributed by atoms with Crippen molar-refractivity contribution in [2.75, 3.05) is 34.0 Å². The third kappa shape index (κ3) is 4.80. The molecule has 0 radical (unpaired) electrons. The number of hydrogen-bond donors (Lipinski definition) is 0. The van der Waals surface area contributed by atoms with Crippen molar-refractivity contribution < 1.29 is 18.9 Å². The second kappa shape index (κ2) is 11.2. The van der Waals surface area contributed by atoms with Crippen LogP contribution in [0, 0.1) is 6.92 Å². The Morgan fingerprint density at radius 1 is 1.02 bits per heavy atom. The van der Waals surface area contributed by atoms with E-state index in [4.69, 9.17) is 24.0 Å². The molecule has 0 spiro atoms. The first-order chi connectivity index (χ1) is 20.0. The number of nitrogens with zero attached hydrogens (tertiary/aromatic N) is 4. The van der Waals surface area contributed by atoms with Gasteiger partial charge >= 0.3 is 0 Å². The Balaban J connectivity index is 1.62. The average molecular weight is 555 g/mol. The molecule has 0 amide bonds. The number of methoxy groups -OCH3 is 2. The summed E-state index contributed by atoms with van der Waals surface area (Å²) in [5.74, 6) is 1.92. The summed E-state index contributed by atoms with van der Waals surface area (Å²) in [5.41, 5.74) is 5.31. The van der Waals surface area contributed by atoms with E-state index in [2.05, 4.69) is 23.2 Å². The number of aromatic nitrogens is 4. The van der Waals surface area contributed by atoms with Crippen LogP contribution in [0.5, 0.6) is 17.4 Å². The van der Waals surface area contributed by atoms with Crippen molar-refractivity contribution in [2.45, 2.75) is 39.3 Å². The lowest BCUT2D eigenvalue weighted by molar-refractivity contribution is 0.0675. The van der Waals surface area contributed by atoms with Gasteiger partial charge in [-0.1, -0.05) is 12.1 Å². The van der Waals surface area contributed by atoms with Gasteiger partial charge in [0.15, 0.2) is 0 Å². The van der Waals surface area contributed by atoms with Gasteiger partial charge in [0.25, 0.3) is 5.56 Å². The summed E-state index contributed by atoms with van der Waals surface area (Å²) in [5, 5.41) is 6.30. The first kappa shape index (κ1) is 26.8. The molecule has 1 fully saturated rings. The summed E-state index contributed by atoms with van der Waals surface area (Å²) in [4.78, 5) is 18.7. The number of hydrogen-bond acceptors (Lipinski definition) is 7. The highest BCUT2D eigenvalue weighted by atomic mass is 16.5. The largest absolute Gasteiger partial charge is 0.497 e. The molecule has 0 N–H and O–H groups in total. The molecular weight excluding hydrogens is 520 g/mol. The molecule has 5 aromatic rings. The molecule has 1 saturated heterocycles. The highest BCUT2D eigenvalue weighted by Crippen LogP contribution is 2.36. The molecule has 212 valence electrons.